The second-order valence-corrected chi connectivity index (χ2v) is 33.2. The Morgan fingerprint density at radius 1 is 0.235 bits per heavy atom. The van der Waals surface area contributed by atoms with Crippen molar-refractivity contribution in [2.75, 3.05) is 39.6 Å². The number of allylic oxidation sites excluding steroid dienone is 34. The lowest BCUT2D eigenvalue weighted by molar-refractivity contribution is -0.161. The van der Waals surface area contributed by atoms with Gasteiger partial charge in [-0.25, -0.2) is 9.13 Å². The second-order valence-electron chi connectivity index (χ2n) is 30.3. The Hall–Kier alpha value is -5.87. The van der Waals surface area contributed by atoms with E-state index in [4.69, 9.17) is 32.3 Å². The molecule has 4 N–H and O–H groups in total. The maximum atomic E-state index is 13.0. The van der Waals surface area contributed by atoms with Crippen LogP contribution >= 0.6 is 15.6 Å². The fourth-order valence-electron chi connectivity index (χ4n) is 12.1. The van der Waals surface area contributed by atoms with E-state index in [0.717, 1.165) is 173 Å². The third-order valence-electron chi connectivity index (χ3n) is 19.0. The molecule has 0 aliphatic rings. The van der Waals surface area contributed by atoms with E-state index in [9.17, 15) is 43.5 Å². The maximum Gasteiger partial charge on any atom is 0.472 e. The van der Waals surface area contributed by atoms with Gasteiger partial charge in [0.1, 0.15) is 25.4 Å². The van der Waals surface area contributed by atoms with Crippen LogP contribution in [0.1, 0.15) is 355 Å². The number of aliphatic hydroxyl groups excluding tert-OH is 2. The fraction of sp³-hybridized carbons (Fsp3) is 0.634. The van der Waals surface area contributed by atoms with Crippen molar-refractivity contribution < 1.29 is 75.8 Å². The van der Waals surface area contributed by atoms with Crippen molar-refractivity contribution in [1.29, 1.82) is 0 Å². The summed E-state index contributed by atoms with van der Waals surface area (Å²) in [5, 5.41) is 20.7. The molecule has 0 spiro atoms. The molecule has 5 unspecified atom stereocenters. The smallest absolute Gasteiger partial charge is 0.463 e. The van der Waals surface area contributed by atoms with E-state index in [1.165, 1.54) is 116 Å². The lowest BCUT2D eigenvalue weighted by Gasteiger charge is -2.21. The molecule has 18 heteroatoms. The van der Waals surface area contributed by atoms with Crippen LogP contribution in [0.3, 0.4) is 0 Å². The van der Waals surface area contributed by atoms with Gasteiger partial charge in [0.15, 0.2) is 6.10 Å². The van der Waals surface area contributed by atoms with Crippen LogP contribution in [0, 0.1) is 0 Å². The first-order valence-electron chi connectivity index (χ1n) is 46.4. The van der Waals surface area contributed by atoms with Gasteiger partial charge in [0.05, 0.1) is 26.4 Å². The summed E-state index contributed by atoms with van der Waals surface area (Å²) < 4.78 is 61.4. The monoisotopic (exact) mass is 1700 g/mol. The minimum Gasteiger partial charge on any atom is -0.463 e. The van der Waals surface area contributed by atoms with Crippen LogP contribution in [0.25, 0.3) is 0 Å². The van der Waals surface area contributed by atoms with Crippen LogP contribution in [0.5, 0.6) is 0 Å². The van der Waals surface area contributed by atoms with Gasteiger partial charge in [-0.3, -0.25) is 32.5 Å². The molecule has 676 valence electrons. The third kappa shape index (κ3) is 92.7. The number of rotatable bonds is 86. The summed E-state index contributed by atoms with van der Waals surface area (Å²) >= 11 is 0. The van der Waals surface area contributed by atoms with Crippen molar-refractivity contribution in [3.05, 3.63) is 207 Å². The molecule has 0 aromatic heterocycles. The SMILES string of the molecule is CC/C=C\C/C=C\C/C=C\C/C=C\C/C=C\C/C=C\CCCCCCCCCCCCCCCCC(=O)OCC(O)COP(=O)(O)OCC(O)COP(=O)(O)OCC(COC(=O)CCCCCCCCCCCCCCC/C=C\C/C=C\C/C=C\C/C=C\C/C=C\CC)OC(=O)CCCC/C=C\C/C=C\C/C=C\C/C=C\C/C=C\C/C=C\CC. The molecule has 0 fully saturated rings. The molecule has 5 atom stereocenters. The Bertz CT molecular complexity index is 2990. The number of hydrogen-bond acceptors (Lipinski definition) is 14. The Morgan fingerprint density at radius 3 is 0.681 bits per heavy atom. The molecule has 0 rings (SSSR count). The average Bonchev–Trinajstić information content (AvgIpc) is 0.902. The third-order valence-corrected chi connectivity index (χ3v) is 20.9. The van der Waals surface area contributed by atoms with E-state index >= 15 is 0 Å². The van der Waals surface area contributed by atoms with Crippen LogP contribution in [0.4, 0.5) is 0 Å². The number of phosphoric ester groups is 2. The summed E-state index contributed by atoms with van der Waals surface area (Å²) in [6, 6.07) is 0. The van der Waals surface area contributed by atoms with Gasteiger partial charge >= 0.3 is 33.6 Å². The van der Waals surface area contributed by atoms with E-state index in [2.05, 4.69) is 227 Å². The molecule has 0 aromatic rings. The predicted molar refractivity (Wildman–Crippen MR) is 500 cm³/mol. The molecule has 0 amide bonds. The number of esters is 3. The van der Waals surface area contributed by atoms with Gasteiger partial charge in [0.2, 0.25) is 0 Å². The number of carbonyl (C=O) groups excluding carboxylic acids is 3. The molecule has 0 bridgehead atoms. The lowest BCUT2D eigenvalue weighted by atomic mass is 10.0. The molecule has 0 aromatic carbocycles. The van der Waals surface area contributed by atoms with Gasteiger partial charge < -0.3 is 34.2 Å². The molecule has 0 saturated heterocycles. The van der Waals surface area contributed by atoms with Crippen LogP contribution in [0.2, 0.25) is 0 Å². The highest BCUT2D eigenvalue weighted by molar-refractivity contribution is 7.47. The normalized spacial score (nSPS) is 14.7. The molecule has 0 aliphatic carbocycles. The zero-order valence-electron chi connectivity index (χ0n) is 74.5. The lowest BCUT2D eigenvalue weighted by Crippen LogP contribution is -2.30. The first-order chi connectivity index (χ1) is 58.2. The van der Waals surface area contributed by atoms with E-state index in [-0.39, 0.29) is 19.3 Å². The predicted octanol–water partition coefficient (Wildman–Crippen LogP) is 28.8. The number of hydrogen-bond donors (Lipinski definition) is 4. The van der Waals surface area contributed by atoms with E-state index in [1.54, 1.807) is 0 Å². The summed E-state index contributed by atoms with van der Waals surface area (Å²) in [7, 11) is -9.83. The Balaban J connectivity index is 4.61. The topological polar surface area (TPSA) is 231 Å². The van der Waals surface area contributed by atoms with Crippen molar-refractivity contribution in [1.82, 2.24) is 0 Å². The highest BCUT2D eigenvalue weighted by Crippen LogP contribution is 2.45. The molecular formula is C101H166O16P2. The zero-order valence-corrected chi connectivity index (χ0v) is 76.2. The minimum atomic E-state index is -4.96. The van der Waals surface area contributed by atoms with Gasteiger partial charge in [0.25, 0.3) is 0 Å². The van der Waals surface area contributed by atoms with Gasteiger partial charge in [-0.15, -0.1) is 0 Å². The summed E-state index contributed by atoms with van der Waals surface area (Å²) in [4.78, 5) is 59.0. The molecule has 119 heavy (non-hydrogen) atoms. The molecule has 0 heterocycles. The van der Waals surface area contributed by atoms with Gasteiger partial charge in [-0.2, -0.15) is 0 Å². The molecule has 16 nitrogen and oxygen atoms in total. The molecule has 0 aliphatic heterocycles. The van der Waals surface area contributed by atoms with Crippen LogP contribution in [0.15, 0.2) is 207 Å². The van der Waals surface area contributed by atoms with Gasteiger partial charge in [-0.1, -0.05) is 375 Å². The first kappa shape index (κ1) is 113. The number of unbranched alkanes of at least 4 members (excludes halogenated alkanes) is 29. The second kappa shape index (κ2) is 91.3. The van der Waals surface area contributed by atoms with Crippen molar-refractivity contribution in [2.24, 2.45) is 0 Å². The van der Waals surface area contributed by atoms with E-state index in [1.807, 2.05) is 0 Å². The summed E-state index contributed by atoms with van der Waals surface area (Å²) in [6.07, 6.45) is 123. The maximum absolute atomic E-state index is 13.0. The van der Waals surface area contributed by atoms with Crippen LogP contribution in [-0.2, 0) is 55.8 Å². The standard InChI is InChI=1S/C101H166O16P2/c1-4-7-10-13-16-19-22-25-28-31-34-37-39-41-43-45-46-47-48-50-52-53-55-58-60-63-66-69-72-75-78-81-84-87-99(104)111-90-96(102)91-113-118(107,108)114-92-97(103)93-115-119(109,110)116-95-98(117-101(106)89-86-83-80-77-74-71-68-65-62-57-36-33-30-27-24-21-18-15-12-9-6-3)94-112-100(105)88-85-82-79-76-73-70-67-64-61-59-56-54-51-49-44-42-40-38-35-32-29-26-23-20-17-14-11-8-5-2/h7-12,16-21,25-30,34-38,41-44,46-47,57,65,68,74,77,96-98,102-103H,4-6,13-15,22-24,31-33,39-40,45,48-56,58-64,66-67,69-73,75-76,78-95H2,1-3H3,(H,107,108)(H,109,110)/b10-7-,11-8-,12-9-,19-16-,20-17-,21-18-,28-25-,29-26-,30-27-,37-34-,38-35-,43-41-,44-42-,47-46-,57-36-,68-65-,77-74-. The summed E-state index contributed by atoms with van der Waals surface area (Å²) in [6.45, 7) is 2.31. The first-order valence-corrected chi connectivity index (χ1v) is 49.4. The molecule has 0 saturated carbocycles. The Kier molecular flexibility index (Phi) is 86.8. The minimum absolute atomic E-state index is 0.0431. The van der Waals surface area contributed by atoms with Crippen LogP contribution in [-0.4, -0.2) is 95.9 Å². The average molecular weight is 1700 g/mol. The largest absolute Gasteiger partial charge is 0.472 e. The highest BCUT2D eigenvalue weighted by Gasteiger charge is 2.29. The van der Waals surface area contributed by atoms with Gasteiger partial charge in [0, 0.05) is 19.3 Å². The van der Waals surface area contributed by atoms with E-state index in [0.29, 0.717) is 25.7 Å². The highest BCUT2D eigenvalue weighted by atomic mass is 31.2. The number of aliphatic hydroxyl groups is 2. The van der Waals surface area contributed by atoms with Crippen molar-refractivity contribution in [2.45, 2.75) is 373 Å². The van der Waals surface area contributed by atoms with Crippen molar-refractivity contribution in [3.63, 3.8) is 0 Å². The van der Waals surface area contributed by atoms with Crippen LogP contribution < -0.4 is 0 Å². The van der Waals surface area contributed by atoms with E-state index < -0.39 is 91.5 Å². The number of carbonyl (C=O) groups is 3. The number of ether oxygens (including phenoxy) is 3. The Morgan fingerprint density at radius 2 is 0.420 bits per heavy atom. The zero-order chi connectivity index (χ0) is 86.5. The summed E-state index contributed by atoms with van der Waals surface area (Å²) in [5.74, 6) is -1.63. The van der Waals surface area contributed by atoms with Crippen molar-refractivity contribution >= 4 is 33.6 Å². The number of phosphoric acid groups is 2. The van der Waals surface area contributed by atoms with Gasteiger partial charge in [-0.05, 0) is 167 Å². The molecule has 0 radical (unpaired) electrons. The van der Waals surface area contributed by atoms with Crippen molar-refractivity contribution in [3.8, 4) is 0 Å². The molecular weight excluding hydrogens is 1530 g/mol. The fourth-order valence-corrected chi connectivity index (χ4v) is 13.7. The Labute approximate surface area is 724 Å². The quantitative estimate of drug-likeness (QED) is 0.0146. The summed E-state index contributed by atoms with van der Waals surface area (Å²) in [5.41, 5.74) is 0.